The predicted molar refractivity (Wildman–Crippen MR) is 106 cm³/mol. The molecular formula is C19H24N3S2+. The van der Waals surface area contributed by atoms with Crippen molar-refractivity contribution in [1.82, 2.24) is 4.98 Å². The van der Waals surface area contributed by atoms with E-state index in [1.54, 1.807) is 10.4 Å². The van der Waals surface area contributed by atoms with Gasteiger partial charge in [0.25, 0.3) is 0 Å². The van der Waals surface area contributed by atoms with Gasteiger partial charge in [0.2, 0.25) is 0 Å². The number of nitrogens with zero attached hydrogens (tertiary/aromatic N) is 2. The monoisotopic (exact) mass is 358 g/mol. The first-order chi connectivity index (χ1) is 11.7. The Hall–Kier alpha value is -1.43. The van der Waals surface area contributed by atoms with Crippen molar-refractivity contribution in [3.05, 3.63) is 34.7 Å². The number of thiazole rings is 1. The van der Waals surface area contributed by atoms with Crippen LogP contribution in [0.15, 0.2) is 24.3 Å². The maximum absolute atomic E-state index is 4.93. The molecule has 0 atom stereocenters. The van der Waals surface area contributed by atoms with Crippen LogP contribution in [-0.2, 0) is 13.0 Å². The Bertz CT molecular complexity index is 841. The molecule has 3 aromatic rings. The smallest absolute Gasteiger partial charge is 0.127 e. The van der Waals surface area contributed by atoms with E-state index in [2.05, 4.69) is 43.4 Å². The molecule has 24 heavy (non-hydrogen) atoms. The van der Waals surface area contributed by atoms with Crippen LogP contribution in [0, 0.1) is 0 Å². The van der Waals surface area contributed by atoms with E-state index in [0.717, 1.165) is 5.52 Å². The van der Waals surface area contributed by atoms with Crippen LogP contribution in [-0.4, -0.2) is 36.1 Å². The van der Waals surface area contributed by atoms with Gasteiger partial charge in [-0.1, -0.05) is 12.1 Å². The van der Waals surface area contributed by atoms with Gasteiger partial charge < -0.3 is 9.80 Å². The Morgan fingerprint density at radius 1 is 1.17 bits per heavy atom. The van der Waals surface area contributed by atoms with Crippen LogP contribution in [0.25, 0.3) is 20.8 Å². The van der Waals surface area contributed by atoms with E-state index in [0.29, 0.717) is 0 Å². The van der Waals surface area contributed by atoms with Crippen LogP contribution in [0.3, 0.4) is 0 Å². The molecule has 1 N–H and O–H groups in total. The second-order valence-corrected chi connectivity index (χ2v) is 8.69. The van der Waals surface area contributed by atoms with Crippen molar-refractivity contribution >= 4 is 37.9 Å². The van der Waals surface area contributed by atoms with E-state index in [-0.39, 0.29) is 0 Å². The molecule has 126 valence electrons. The molecule has 0 aliphatic carbocycles. The van der Waals surface area contributed by atoms with Gasteiger partial charge in [-0.25, -0.2) is 4.98 Å². The van der Waals surface area contributed by atoms with Gasteiger partial charge >= 0.3 is 0 Å². The highest BCUT2D eigenvalue weighted by Crippen LogP contribution is 2.46. The van der Waals surface area contributed by atoms with Crippen molar-refractivity contribution in [3.8, 4) is 10.6 Å². The molecule has 0 unspecified atom stereocenters. The Morgan fingerprint density at radius 2 is 1.96 bits per heavy atom. The van der Waals surface area contributed by atoms with Gasteiger partial charge in [0.05, 0.1) is 39.7 Å². The minimum Gasteiger partial charge on any atom is -0.379 e. The Labute approximate surface area is 151 Å². The first kappa shape index (κ1) is 16.1. The highest BCUT2D eigenvalue weighted by Gasteiger charge is 2.34. The summed E-state index contributed by atoms with van der Waals surface area (Å²) in [4.78, 5) is 6.49. The maximum atomic E-state index is 4.93. The maximum Gasteiger partial charge on any atom is 0.127 e. The number of benzene rings is 1. The number of hydrogen-bond donors (Lipinski definition) is 1. The van der Waals surface area contributed by atoms with Crippen molar-refractivity contribution in [3.63, 3.8) is 0 Å². The summed E-state index contributed by atoms with van der Waals surface area (Å²) in [6, 6.07) is 8.46. The van der Waals surface area contributed by atoms with E-state index in [1.807, 2.05) is 29.7 Å². The van der Waals surface area contributed by atoms with Crippen LogP contribution in [0.1, 0.15) is 24.3 Å². The second kappa shape index (κ2) is 6.14. The number of quaternary nitrogens is 1. The van der Waals surface area contributed by atoms with Crippen molar-refractivity contribution in [2.75, 3.05) is 32.0 Å². The molecule has 2 aromatic heterocycles. The summed E-state index contributed by atoms with van der Waals surface area (Å²) in [5.41, 5.74) is 4.02. The molecule has 0 spiro atoms. The molecule has 0 fully saturated rings. The van der Waals surface area contributed by atoms with E-state index in [9.17, 15) is 0 Å². The number of fused-ring (bicyclic) bond motifs is 2. The van der Waals surface area contributed by atoms with Gasteiger partial charge in [-0.3, -0.25) is 0 Å². The standard InChI is InChI=1S/C19H24N3S2/c1-4-22(5-2)11-10-13-16(12-22)24-18(20-3)17(13)19-21-14-8-6-7-9-15(14)23-19/h6-9,20H,4-5,10-12H2,1-3H3/q+1. The predicted octanol–water partition coefficient (Wildman–Crippen LogP) is 4.98. The summed E-state index contributed by atoms with van der Waals surface area (Å²) in [6.45, 7) is 9.52. The van der Waals surface area contributed by atoms with Gasteiger partial charge in [-0.15, -0.1) is 22.7 Å². The number of likely N-dealkylation sites (N-methyl/N-ethyl adjacent to an activating group) is 1. The van der Waals surface area contributed by atoms with Gasteiger partial charge in [0.1, 0.15) is 11.6 Å². The second-order valence-electron chi connectivity index (χ2n) is 6.55. The van der Waals surface area contributed by atoms with Crippen LogP contribution in [0.5, 0.6) is 0 Å². The molecule has 5 heteroatoms. The minimum atomic E-state index is 1.11. The zero-order valence-corrected chi connectivity index (χ0v) is 16.2. The number of aromatic nitrogens is 1. The summed E-state index contributed by atoms with van der Waals surface area (Å²) in [7, 11) is 2.04. The molecule has 1 aliphatic rings. The number of anilines is 1. The molecule has 0 bridgehead atoms. The van der Waals surface area contributed by atoms with Gasteiger partial charge in [0, 0.05) is 19.0 Å². The molecule has 0 amide bonds. The molecule has 1 aliphatic heterocycles. The topological polar surface area (TPSA) is 24.9 Å². The SMILES string of the molecule is CC[N+]1(CC)CCc2c(sc(NC)c2-c2nc3ccccc3s2)C1. The van der Waals surface area contributed by atoms with Crippen molar-refractivity contribution < 1.29 is 4.48 Å². The van der Waals surface area contributed by atoms with Gasteiger partial charge in [0.15, 0.2) is 0 Å². The fraction of sp³-hybridized carbons (Fsp3) is 0.421. The zero-order valence-electron chi connectivity index (χ0n) is 14.6. The molecule has 1 aromatic carbocycles. The molecular weight excluding hydrogens is 334 g/mol. The lowest BCUT2D eigenvalue weighted by atomic mass is 10.0. The third kappa shape index (κ3) is 2.46. The van der Waals surface area contributed by atoms with Gasteiger partial charge in [-0.2, -0.15) is 0 Å². The number of nitrogens with one attached hydrogen (secondary N) is 1. The average molecular weight is 359 g/mol. The van der Waals surface area contributed by atoms with Crippen LogP contribution in [0.2, 0.25) is 0 Å². The zero-order chi connectivity index (χ0) is 16.7. The van der Waals surface area contributed by atoms with Gasteiger partial charge in [-0.05, 0) is 31.5 Å². The Kier molecular flexibility index (Phi) is 4.11. The summed E-state index contributed by atoms with van der Waals surface area (Å²) in [5.74, 6) is 0. The lowest BCUT2D eigenvalue weighted by Crippen LogP contribution is -2.50. The summed E-state index contributed by atoms with van der Waals surface area (Å²) in [6.07, 6.45) is 1.17. The Morgan fingerprint density at radius 3 is 2.67 bits per heavy atom. The number of thiophene rings is 1. The molecule has 0 radical (unpaired) electrons. The molecule has 3 nitrogen and oxygen atoms in total. The Balaban J connectivity index is 1.83. The molecule has 0 saturated heterocycles. The fourth-order valence-electron chi connectivity index (χ4n) is 3.78. The van der Waals surface area contributed by atoms with Crippen LogP contribution < -0.4 is 5.32 Å². The van der Waals surface area contributed by atoms with Crippen LogP contribution in [0.4, 0.5) is 5.00 Å². The molecule has 4 rings (SSSR count). The highest BCUT2D eigenvalue weighted by atomic mass is 32.1. The van der Waals surface area contributed by atoms with Crippen molar-refractivity contribution in [1.29, 1.82) is 0 Å². The van der Waals surface area contributed by atoms with Crippen LogP contribution >= 0.6 is 22.7 Å². The first-order valence-corrected chi connectivity index (χ1v) is 10.4. The van der Waals surface area contributed by atoms with E-state index in [4.69, 9.17) is 4.98 Å². The summed E-state index contributed by atoms with van der Waals surface area (Å²) in [5, 5.41) is 5.89. The third-order valence-corrected chi connectivity index (χ3v) is 7.77. The van der Waals surface area contributed by atoms with E-state index in [1.165, 1.54) is 57.4 Å². The van der Waals surface area contributed by atoms with Crippen molar-refractivity contribution in [2.24, 2.45) is 0 Å². The fourth-order valence-corrected chi connectivity index (χ4v) is 6.23. The molecule has 3 heterocycles. The largest absolute Gasteiger partial charge is 0.379 e. The third-order valence-electron chi connectivity index (χ3n) is 5.48. The lowest BCUT2D eigenvalue weighted by Gasteiger charge is -2.39. The quantitative estimate of drug-likeness (QED) is 0.665. The van der Waals surface area contributed by atoms with E-state index >= 15 is 0 Å². The summed E-state index contributed by atoms with van der Waals surface area (Å²) >= 11 is 3.76. The number of rotatable bonds is 4. The molecule has 0 saturated carbocycles. The van der Waals surface area contributed by atoms with Crippen molar-refractivity contribution in [2.45, 2.75) is 26.8 Å². The van der Waals surface area contributed by atoms with E-state index < -0.39 is 0 Å². The highest BCUT2D eigenvalue weighted by molar-refractivity contribution is 7.22. The number of hydrogen-bond acceptors (Lipinski definition) is 4. The average Bonchev–Trinajstić information content (AvgIpc) is 3.21. The first-order valence-electron chi connectivity index (χ1n) is 8.73. The minimum absolute atomic E-state index is 1.11. The summed E-state index contributed by atoms with van der Waals surface area (Å²) < 4.78 is 2.49. The number of para-hydroxylation sites is 1. The normalized spacial score (nSPS) is 16.3. The lowest BCUT2D eigenvalue weighted by molar-refractivity contribution is -0.939.